The van der Waals surface area contributed by atoms with Crippen molar-refractivity contribution < 1.29 is 18.7 Å². The molecule has 0 bridgehead atoms. The molecule has 1 saturated carbocycles. The van der Waals surface area contributed by atoms with Crippen LogP contribution >= 0.6 is 12.4 Å². The van der Waals surface area contributed by atoms with Gasteiger partial charge in [0.1, 0.15) is 29.7 Å². The Labute approximate surface area is 251 Å². The van der Waals surface area contributed by atoms with Gasteiger partial charge in [-0.1, -0.05) is 0 Å². The second-order valence-electron chi connectivity index (χ2n) is 11.9. The van der Waals surface area contributed by atoms with Gasteiger partial charge >= 0.3 is 0 Å². The molecule has 12 heteroatoms. The molecular formula is C30H37ClFN7O3. The molecule has 2 fully saturated rings. The van der Waals surface area contributed by atoms with Crippen LogP contribution in [0.25, 0.3) is 0 Å². The Morgan fingerprint density at radius 1 is 1.12 bits per heavy atom. The Bertz CT molecular complexity index is 1430. The topological polar surface area (TPSA) is 106 Å². The van der Waals surface area contributed by atoms with Crippen molar-refractivity contribution in [2.75, 3.05) is 24.5 Å². The van der Waals surface area contributed by atoms with Crippen molar-refractivity contribution in [1.82, 2.24) is 30.4 Å². The minimum Gasteiger partial charge on any atom is -0.490 e. The van der Waals surface area contributed by atoms with Crippen molar-refractivity contribution in [2.24, 2.45) is 5.41 Å². The third-order valence-electron chi connectivity index (χ3n) is 8.21. The molecule has 224 valence electrons. The van der Waals surface area contributed by atoms with Crippen LogP contribution in [0.4, 0.5) is 10.2 Å². The predicted molar refractivity (Wildman–Crippen MR) is 158 cm³/mol. The second kappa shape index (κ2) is 12.0. The summed E-state index contributed by atoms with van der Waals surface area (Å²) in [4.78, 5) is 26.2. The van der Waals surface area contributed by atoms with Gasteiger partial charge < -0.3 is 24.6 Å². The lowest BCUT2D eigenvalue weighted by atomic mass is 9.61. The fourth-order valence-electron chi connectivity index (χ4n) is 6.40. The predicted octanol–water partition coefficient (Wildman–Crippen LogP) is 4.57. The highest BCUT2D eigenvalue weighted by atomic mass is 35.5. The molecule has 6 rings (SSSR count). The fourth-order valence-corrected chi connectivity index (χ4v) is 6.40. The highest BCUT2D eigenvalue weighted by molar-refractivity contribution is 5.97. The van der Waals surface area contributed by atoms with E-state index in [1.165, 1.54) is 30.1 Å². The van der Waals surface area contributed by atoms with Crippen molar-refractivity contribution in [3.8, 4) is 17.4 Å². The lowest BCUT2D eigenvalue weighted by molar-refractivity contribution is -0.0350. The summed E-state index contributed by atoms with van der Waals surface area (Å²) >= 11 is 0. The van der Waals surface area contributed by atoms with Gasteiger partial charge in [-0.15, -0.1) is 22.6 Å². The Hall–Kier alpha value is -3.57. The summed E-state index contributed by atoms with van der Waals surface area (Å²) in [6.45, 7) is 11.1. The number of benzene rings is 1. The van der Waals surface area contributed by atoms with Crippen molar-refractivity contribution in [1.29, 1.82) is 0 Å². The number of fused-ring (bicyclic) bond motifs is 1. The normalized spacial score (nSPS) is 17.3. The number of halogens is 2. The van der Waals surface area contributed by atoms with E-state index in [4.69, 9.17) is 9.47 Å². The quantitative estimate of drug-likeness (QED) is 0.400. The lowest BCUT2D eigenvalue weighted by Crippen LogP contribution is -2.65. The van der Waals surface area contributed by atoms with Crippen molar-refractivity contribution in [2.45, 2.75) is 71.7 Å². The molecule has 1 amide bonds. The zero-order valence-electron chi connectivity index (χ0n) is 24.3. The molecule has 1 aromatic carbocycles. The summed E-state index contributed by atoms with van der Waals surface area (Å²) in [5, 5.41) is 11.5. The van der Waals surface area contributed by atoms with Gasteiger partial charge in [-0.2, -0.15) is 0 Å². The molecule has 2 aromatic heterocycles. The van der Waals surface area contributed by atoms with Gasteiger partial charge in [-0.3, -0.25) is 9.78 Å². The number of carbonyl (C=O) groups excluding carboxylic acids is 1. The van der Waals surface area contributed by atoms with Crippen LogP contribution in [0.2, 0.25) is 0 Å². The van der Waals surface area contributed by atoms with E-state index in [2.05, 4.69) is 30.4 Å². The van der Waals surface area contributed by atoms with Crippen LogP contribution in [-0.2, 0) is 13.0 Å². The third-order valence-corrected chi connectivity index (χ3v) is 8.21. The molecule has 1 saturated heterocycles. The van der Waals surface area contributed by atoms with Crippen LogP contribution < -0.4 is 19.7 Å². The van der Waals surface area contributed by atoms with Gasteiger partial charge in [-0.05, 0) is 64.8 Å². The van der Waals surface area contributed by atoms with E-state index in [-0.39, 0.29) is 59.1 Å². The van der Waals surface area contributed by atoms with Gasteiger partial charge in [0.05, 0.1) is 5.56 Å². The van der Waals surface area contributed by atoms with E-state index in [0.29, 0.717) is 5.82 Å². The zero-order valence-corrected chi connectivity index (χ0v) is 25.2. The number of carbonyl (C=O) groups is 1. The summed E-state index contributed by atoms with van der Waals surface area (Å²) in [7, 11) is 0. The number of hydrogen-bond donors (Lipinski definition) is 1. The van der Waals surface area contributed by atoms with Gasteiger partial charge in [0.15, 0.2) is 5.82 Å². The molecule has 0 unspecified atom stereocenters. The summed E-state index contributed by atoms with van der Waals surface area (Å²) in [5.74, 6) is 1.07. The summed E-state index contributed by atoms with van der Waals surface area (Å²) < 4.78 is 26.8. The van der Waals surface area contributed by atoms with E-state index < -0.39 is 5.82 Å². The maximum atomic E-state index is 14.3. The number of amides is 1. The lowest BCUT2D eigenvalue weighted by Gasteiger charge is -2.58. The minimum atomic E-state index is -0.513. The highest BCUT2D eigenvalue weighted by Crippen LogP contribution is 2.52. The first-order valence-corrected chi connectivity index (χ1v) is 14.3. The molecule has 3 aliphatic rings. The molecule has 2 aliphatic heterocycles. The highest BCUT2D eigenvalue weighted by Gasteiger charge is 2.54. The van der Waals surface area contributed by atoms with E-state index in [1.54, 1.807) is 4.90 Å². The zero-order chi connectivity index (χ0) is 28.7. The number of anilines is 1. The molecule has 0 atom stereocenters. The number of nitrogens with one attached hydrogen (secondary N) is 1. The van der Waals surface area contributed by atoms with Gasteiger partial charge in [0, 0.05) is 67.6 Å². The Balaban J connectivity index is 0.00000353. The Morgan fingerprint density at radius 2 is 1.88 bits per heavy atom. The van der Waals surface area contributed by atoms with Crippen LogP contribution in [-0.4, -0.2) is 68.8 Å². The fraction of sp³-hybridized carbons (Fsp3) is 0.500. The van der Waals surface area contributed by atoms with Gasteiger partial charge in [-0.25, -0.2) is 9.37 Å². The number of aromatic nitrogens is 4. The van der Waals surface area contributed by atoms with E-state index >= 15 is 0 Å². The Kier molecular flexibility index (Phi) is 8.52. The molecule has 4 heterocycles. The average Bonchev–Trinajstić information content (AvgIpc) is 2.90. The van der Waals surface area contributed by atoms with E-state index in [0.717, 1.165) is 56.9 Å². The van der Waals surface area contributed by atoms with Crippen LogP contribution in [0.15, 0.2) is 36.8 Å². The largest absolute Gasteiger partial charge is 0.490 e. The van der Waals surface area contributed by atoms with E-state index in [9.17, 15) is 9.18 Å². The number of ether oxygens (including phenoxy) is 2. The Morgan fingerprint density at radius 3 is 2.62 bits per heavy atom. The second-order valence-corrected chi connectivity index (χ2v) is 11.9. The van der Waals surface area contributed by atoms with E-state index in [1.807, 2.05) is 40.0 Å². The first-order chi connectivity index (χ1) is 19.7. The number of nitrogens with zero attached hydrogens (tertiary/aromatic N) is 6. The first-order valence-electron chi connectivity index (χ1n) is 14.3. The van der Waals surface area contributed by atoms with Crippen LogP contribution in [0.3, 0.4) is 0 Å². The summed E-state index contributed by atoms with van der Waals surface area (Å²) in [6.07, 6.45) is 6.23. The average molecular weight is 598 g/mol. The van der Waals surface area contributed by atoms with Crippen molar-refractivity contribution in [3.05, 3.63) is 59.4 Å². The van der Waals surface area contributed by atoms with Crippen LogP contribution in [0, 0.1) is 11.2 Å². The third kappa shape index (κ3) is 5.72. The summed E-state index contributed by atoms with van der Waals surface area (Å²) in [5.41, 5.74) is 2.59. The molecule has 42 heavy (non-hydrogen) atoms. The number of hydrogen-bond acceptors (Lipinski definition) is 9. The smallest absolute Gasteiger partial charge is 0.282 e. The molecule has 10 nitrogen and oxygen atoms in total. The van der Waals surface area contributed by atoms with Crippen molar-refractivity contribution >= 4 is 24.1 Å². The van der Waals surface area contributed by atoms with Crippen LogP contribution in [0.1, 0.15) is 62.2 Å². The first kappa shape index (κ1) is 29.9. The minimum absolute atomic E-state index is 0. The molecular weight excluding hydrogens is 561 g/mol. The van der Waals surface area contributed by atoms with Crippen molar-refractivity contribution in [3.63, 3.8) is 0 Å². The maximum Gasteiger partial charge on any atom is 0.282 e. The number of pyridine rings is 1. The standard InChI is InChI=1S/C30H36FN7O3.ClH/c1-18(2)38(19(3)4)29(39)22-11-20(31)5-6-25(22)41-28-27(34-17-35-36-28)37-15-30(16-37)12-21(13-30)40-26-8-10-33-24-7-9-32-14-23(24)26;/h5-6,8,10-11,17-19,21,32H,7,9,12-16H2,1-4H3;1H. The number of rotatable bonds is 8. The van der Waals surface area contributed by atoms with Crippen LogP contribution in [0.5, 0.6) is 17.4 Å². The van der Waals surface area contributed by atoms with Gasteiger partial charge in [0.25, 0.3) is 11.8 Å². The van der Waals surface area contributed by atoms with Gasteiger partial charge in [0.2, 0.25) is 0 Å². The SMILES string of the molecule is CC(C)N(C(=O)c1cc(F)ccc1Oc1nncnc1N1CC2(CC(Oc3ccnc4c3CNCC4)C2)C1)C(C)C.Cl. The summed E-state index contributed by atoms with van der Waals surface area (Å²) in [6, 6.07) is 5.77. The molecule has 0 radical (unpaired) electrons. The monoisotopic (exact) mass is 597 g/mol. The maximum absolute atomic E-state index is 14.3. The molecule has 1 spiro atoms. The molecule has 3 aromatic rings. The molecule has 1 aliphatic carbocycles. The molecule has 1 N–H and O–H groups in total.